The Labute approximate surface area is 205 Å². The lowest BCUT2D eigenvalue weighted by Gasteiger charge is -2.40. The molecule has 0 saturated heterocycles. The smallest absolute Gasteiger partial charge is 0.337 e. The number of hydrogen-bond donors (Lipinski definition) is 1. The van der Waals surface area contributed by atoms with Crippen LogP contribution in [-0.4, -0.2) is 34.2 Å². The quantitative estimate of drug-likeness (QED) is 0.523. The van der Waals surface area contributed by atoms with Crippen molar-refractivity contribution in [1.29, 1.82) is 0 Å². The molecule has 1 saturated carbocycles. The fraction of sp³-hybridized carbons (Fsp3) is 0.567. The van der Waals surface area contributed by atoms with Gasteiger partial charge in [-0.15, -0.1) is 0 Å². The SMILES string of the molecule is Cc1ccc(-c2c(C)c3c(c(C)c2C(OC(C)(C)C)C(=O)O)CCN(C2CCCCC2)C3)cc1. The van der Waals surface area contributed by atoms with Crippen molar-refractivity contribution in [3.8, 4) is 11.1 Å². The Hall–Kier alpha value is -2.17. The van der Waals surface area contributed by atoms with Crippen LogP contribution in [0.4, 0.5) is 0 Å². The van der Waals surface area contributed by atoms with Crippen LogP contribution in [0.25, 0.3) is 11.1 Å². The van der Waals surface area contributed by atoms with Crippen LogP contribution in [0.1, 0.15) is 92.4 Å². The van der Waals surface area contributed by atoms with E-state index in [0.29, 0.717) is 6.04 Å². The highest BCUT2D eigenvalue weighted by atomic mass is 16.5. The highest BCUT2D eigenvalue weighted by molar-refractivity contribution is 5.84. The van der Waals surface area contributed by atoms with E-state index in [1.807, 2.05) is 20.8 Å². The van der Waals surface area contributed by atoms with Gasteiger partial charge in [-0.2, -0.15) is 0 Å². The summed E-state index contributed by atoms with van der Waals surface area (Å²) in [6.45, 7) is 14.2. The number of hydrogen-bond acceptors (Lipinski definition) is 3. The molecule has 1 aliphatic carbocycles. The van der Waals surface area contributed by atoms with E-state index in [1.165, 1.54) is 54.4 Å². The molecule has 0 amide bonds. The van der Waals surface area contributed by atoms with Gasteiger partial charge >= 0.3 is 5.97 Å². The number of aliphatic carboxylic acids is 1. The maximum Gasteiger partial charge on any atom is 0.337 e. The van der Waals surface area contributed by atoms with Gasteiger partial charge in [0.2, 0.25) is 0 Å². The van der Waals surface area contributed by atoms with Crippen LogP contribution in [-0.2, 0) is 22.5 Å². The van der Waals surface area contributed by atoms with E-state index in [9.17, 15) is 9.90 Å². The van der Waals surface area contributed by atoms with Crippen LogP contribution in [0.5, 0.6) is 0 Å². The molecule has 2 aromatic rings. The Morgan fingerprint density at radius 1 is 1.00 bits per heavy atom. The maximum atomic E-state index is 12.6. The molecule has 4 rings (SSSR count). The number of rotatable bonds is 5. The first-order chi connectivity index (χ1) is 16.1. The summed E-state index contributed by atoms with van der Waals surface area (Å²) in [5.41, 5.74) is 8.60. The first-order valence-corrected chi connectivity index (χ1v) is 12.9. The van der Waals surface area contributed by atoms with Gasteiger partial charge in [-0.3, -0.25) is 4.90 Å². The van der Waals surface area contributed by atoms with Crippen molar-refractivity contribution in [2.24, 2.45) is 0 Å². The molecule has 1 unspecified atom stereocenters. The van der Waals surface area contributed by atoms with Gasteiger partial charge in [0.05, 0.1) is 5.60 Å². The largest absolute Gasteiger partial charge is 0.479 e. The molecule has 1 aliphatic heterocycles. The normalized spacial score (nSPS) is 18.5. The lowest BCUT2D eigenvalue weighted by molar-refractivity contribution is -0.160. The fourth-order valence-electron chi connectivity index (χ4n) is 6.01. The first kappa shape index (κ1) is 24.9. The number of aryl methyl sites for hydroxylation is 1. The van der Waals surface area contributed by atoms with Crippen molar-refractivity contribution in [3.63, 3.8) is 0 Å². The van der Waals surface area contributed by atoms with E-state index < -0.39 is 17.7 Å². The zero-order valence-corrected chi connectivity index (χ0v) is 21.8. The number of benzene rings is 2. The third-order valence-electron chi connectivity index (χ3n) is 7.72. The van der Waals surface area contributed by atoms with Crippen LogP contribution in [0, 0.1) is 20.8 Å². The van der Waals surface area contributed by atoms with Crippen LogP contribution in [0.3, 0.4) is 0 Å². The molecule has 2 aromatic carbocycles. The third-order valence-corrected chi connectivity index (χ3v) is 7.72. The molecule has 4 heteroatoms. The molecule has 0 spiro atoms. The fourth-order valence-corrected chi connectivity index (χ4v) is 6.01. The van der Waals surface area contributed by atoms with Crippen molar-refractivity contribution in [2.75, 3.05) is 6.54 Å². The van der Waals surface area contributed by atoms with Crippen LogP contribution in [0.2, 0.25) is 0 Å². The first-order valence-electron chi connectivity index (χ1n) is 12.9. The minimum absolute atomic E-state index is 0.568. The van der Waals surface area contributed by atoms with Gasteiger partial charge < -0.3 is 9.84 Å². The molecule has 1 atom stereocenters. The predicted octanol–water partition coefficient (Wildman–Crippen LogP) is 6.91. The molecule has 34 heavy (non-hydrogen) atoms. The van der Waals surface area contributed by atoms with Crippen molar-refractivity contribution in [1.82, 2.24) is 4.90 Å². The Kier molecular flexibility index (Phi) is 7.21. The van der Waals surface area contributed by atoms with E-state index in [1.54, 1.807) is 0 Å². The Bertz CT molecular complexity index is 1040. The predicted molar refractivity (Wildman–Crippen MR) is 138 cm³/mol. The van der Waals surface area contributed by atoms with Crippen molar-refractivity contribution in [2.45, 2.75) is 104 Å². The van der Waals surface area contributed by atoms with Crippen LogP contribution >= 0.6 is 0 Å². The minimum atomic E-state index is -1.00. The van der Waals surface area contributed by atoms with Gasteiger partial charge in [0, 0.05) is 24.7 Å². The van der Waals surface area contributed by atoms with Crippen LogP contribution in [0.15, 0.2) is 24.3 Å². The van der Waals surface area contributed by atoms with E-state index in [0.717, 1.165) is 41.8 Å². The highest BCUT2D eigenvalue weighted by Gasteiger charge is 2.35. The number of fused-ring (bicyclic) bond motifs is 1. The average molecular weight is 464 g/mol. The van der Waals surface area contributed by atoms with Gasteiger partial charge in [-0.1, -0.05) is 49.1 Å². The second kappa shape index (κ2) is 9.83. The number of nitrogens with zero attached hydrogens (tertiary/aromatic N) is 1. The maximum absolute atomic E-state index is 12.6. The van der Waals surface area contributed by atoms with E-state index >= 15 is 0 Å². The molecule has 4 nitrogen and oxygen atoms in total. The van der Waals surface area contributed by atoms with E-state index in [-0.39, 0.29) is 0 Å². The summed E-state index contributed by atoms with van der Waals surface area (Å²) in [5, 5.41) is 10.3. The summed E-state index contributed by atoms with van der Waals surface area (Å²) in [4.78, 5) is 15.3. The molecule has 0 aromatic heterocycles. The topological polar surface area (TPSA) is 49.8 Å². The van der Waals surface area contributed by atoms with E-state index in [4.69, 9.17) is 4.74 Å². The molecular weight excluding hydrogens is 422 g/mol. The lowest BCUT2D eigenvalue weighted by atomic mass is 9.79. The number of carboxylic acids is 1. The number of ether oxygens (including phenoxy) is 1. The van der Waals surface area contributed by atoms with Crippen LogP contribution < -0.4 is 0 Å². The molecule has 0 bridgehead atoms. The number of carbonyl (C=O) groups is 1. The molecule has 2 aliphatic rings. The standard InChI is InChI=1S/C30H41NO3/c1-19-12-14-22(15-13-19)26-21(3)25-18-31(23-10-8-7-9-11-23)17-16-24(25)20(2)27(26)28(29(32)33)34-30(4,5)6/h12-15,23,28H,7-11,16-18H2,1-6H3,(H,32,33). The van der Waals surface area contributed by atoms with Crippen molar-refractivity contribution < 1.29 is 14.6 Å². The highest BCUT2D eigenvalue weighted by Crippen LogP contribution is 2.43. The Morgan fingerprint density at radius 2 is 1.65 bits per heavy atom. The molecule has 1 heterocycles. The zero-order valence-electron chi connectivity index (χ0n) is 21.8. The molecule has 184 valence electrons. The Balaban J connectivity index is 1.89. The summed E-state index contributed by atoms with van der Waals surface area (Å²) >= 11 is 0. The van der Waals surface area contributed by atoms with Gasteiger partial charge in [0.25, 0.3) is 0 Å². The van der Waals surface area contributed by atoms with Gasteiger partial charge in [0.1, 0.15) is 0 Å². The summed E-state index contributed by atoms with van der Waals surface area (Å²) in [6, 6.07) is 9.17. The summed E-state index contributed by atoms with van der Waals surface area (Å²) < 4.78 is 6.20. The molecular formula is C30H41NO3. The van der Waals surface area contributed by atoms with Crippen molar-refractivity contribution in [3.05, 3.63) is 57.6 Å². The minimum Gasteiger partial charge on any atom is -0.479 e. The summed E-state index contributed by atoms with van der Waals surface area (Å²) in [6.07, 6.45) is 6.62. The second-order valence-corrected chi connectivity index (χ2v) is 11.3. The third kappa shape index (κ3) is 5.08. The molecule has 1 fully saturated rings. The zero-order chi connectivity index (χ0) is 24.6. The van der Waals surface area contributed by atoms with Gasteiger partial charge in [0.15, 0.2) is 6.10 Å². The average Bonchev–Trinajstić information content (AvgIpc) is 2.80. The van der Waals surface area contributed by atoms with Gasteiger partial charge in [-0.25, -0.2) is 4.79 Å². The second-order valence-electron chi connectivity index (χ2n) is 11.3. The Morgan fingerprint density at radius 3 is 2.24 bits per heavy atom. The van der Waals surface area contributed by atoms with Crippen molar-refractivity contribution >= 4 is 5.97 Å². The summed E-state index contributed by atoms with van der Waals surface area (Å²) in [7, 11) is 0. The van der Waals surface area contributed by atoms with Gasteiger partial charge in [-0.05, 0) is 94.2 Å². The summed E-state index contributed by atoms with van der Waals surface area (Å²) in [5.74, 6) is -0.926. The molecule has 0 radical (unpaired) electrons. The lowest BCUT2D eigenvalue weighted by Crippen LogP contribution is -2.41. The van der Waals surface area contributed by atoms with E-state index in [2.05, 4.69) is 49.9 Å². The monoisotopic (exact) mass is 463 g/mol. The number of carboxylic acid groups (broad SMARTS) is 1. The molecule has 1 N–H and O–H groups in total.